The average Bonchev–Trinajstić information content (AvgIpc) is 2.30. The van der Waals surface area contributed by atoms with E-state index in [2.05, 4.69) is 20.3 Å². The van der Waals surface area contributed by atoms with Gasteiger partial charge < -0.3 is 22.5 Å². The molecule has 0 saturated carbocycles. The summed E-state index contributed by atoms with van der Waals surface area (Å²) in [6.45, 7) is 2.65. The number of nitrogens with one attached hydrogen (secondary N) is 1. The highest BCUT2D eigenvalue weighted by atomic mass is 15.2. The molecule has 0 aliphatic carbocycles. The Kier molecular flexibility index (Phi) is 5.17. The monoisotopic (exact) mass is 247 g/mol. The number of rotatable bonds is 2. The summed E-state index contributed by atoms with van der Waals surface area (Å²) in [5.41, 5.74) is 16.8. The number of benzene rings is 1. The fourth-order valence-corrected chi connectivity index (χ4v) is 1.10. The van der Waals surface area contributed by atoms with Gasteiger partial charge in [-0.25, -0.2) is 0 Å². The van der Waals surface area contributed by atoms with Gasteiger partial charge in [0.05, 0.1) is 0 Å². The van der Waals surface area contributed by atoms with Crippen molar-refractivity contribution in [3.63, 3.8) is 0 Å². The highest BCUT2D eigenvalue weighted by molar-refractivity contribution is 5.37. The Morgan fingerprint density at radius 1 is 0.944 bits per heavy atom. The van der Waals surface area contributed by atoms with E-state index in [4.69, 9.17) is 17.2 Å². The molecule has 0 saturated heterocycles. The second-order valence-electron chi connectivity index (χ2n) is 3.32. The van der Waals surface area contributed by atoms with Crippen LogP contribution in [0.15, 0.2) is 30.3 Å². The molecule has 1 aromatic heterocycles. The molecule has 0 aliphatic rings. The van der Waals surface area contributed by atoms with Gasteiger partial charge >= 0.3 is 0 Å². The molecule has 0 unspecified atom stereocenters. The third-order valence-corrected chi connectivity index (χ3v) is 1.80. The Hall–Kier alpha value is -2.57. The zero-order chi connectivity index (χ0) is 13.4. The van der Waals surface area contributed by atoms with Crippen LogP contribution in [0, 0.1) is 0 Å². The van der Waals surface area contributed by atoms with E-state index in [1.54, 1.807) is 0 Å². The average molecular weight is 247 g/mol. The fraction of sp³-hybridized carbons (Fsp3) is 0.182. The third kappa shape index (κ3) is 4.97. The van der Waals surface area contributed by atoms with Crippen molar-refractivity contribution in [3.05, 3.63) is 30.3 Å². The second-order valence-corrected chi connectivity index (χ2v) is 3.32. The topological polar surface area (TPSA) is 129 Å². The van der Waals surface area contributed by atoms with Gasteiger partial charge in [-0.2, -0.15) is 15.0 Å². The van der Waals surface area contributed by atoms with E-state index >= 15 is 0 Å². The summed E-state index contributed by atoms with van der Waals surface area (Å²) in [5, 5.41) is 2.87. The van der Waals surface area contributed by atoms with Crippen molar-refractivity contribution in [1.82, 2.24) is 15.0 Å². The van der Waals surface area contributed by atoms with Crippen molar-refractivity contribution < 1.29 is 0 Å². The lowest BCUT2D eigenvalue weighted by Crippen LogP contribution is -2.08. The summed E-state index contributed by atoms with van der Waals surface area (Å²) in [6.07, 6.45) is 0. The van der Waals surface area contributed by atoms with E-state index in [0.717, 1.165) is 12.2 Å². The molecule has 0 aliphatic heterocycles. The number of hydrogen-bond donors (Lipinski definition) is 4. The molecule has 1 heterocycles. The molecule has 1 aromatic carbocycles. The van der Waals surface area contributed by atoms with Gasteiger partial charge in [-0.05, 0) is 19.1 Å². The number of hydrogen-bond acceptors (Lipinski definition) is 7. The summed E-state index contributed by atoms with van der Waals surface area (Å²) in [5.74, 6) is 0.680. The van der Waals surface area contributed by atoms with E-state index in [1.807, 2.05) is 37.3 Å². The summed E-state index contributed by atoms with van der Waals surface area (Å²) in [7, 11) is 0. The zero-order valence-corrected chi connectivity index (χ0v) is 10.2. The Balaban J connectivity index is 0.000000199. The molecule has 7 N–H and O–H groups in total. The molecule has 2 aromatic rings. The number of anilines is 4. The molecular weight excluding hydrogens is 230 g/mol. The lowest BCUT2D eigenvalue weighted by molar-refractivity contribution is 1.04. The first-order valence-electron chi connectivity index (χ1n) is 5.43. The number of nitrogens with two attached hydrogens (primary N) is 3. The number of para-hydroxylation sites is 1. The highest BCUT2D eigenvalue weighted by Crippen LogP contribution is 2.01. The van der Waals surface area contributed by atoms with Gasteiger partial charge in [-0.1, -0.05) is 18.2 Å². The molecule has 0 atom stereocenters. The highest BCUT2D eigenvalue weighted by Gasteiger charge is 1.97. The van der Waals surface area contributed by atoms with Crippen molar-refractivity contribution in [2.75, 3.05) is 29.1 Å². The lowest BCUT2D eigenvalue weighted by atomic mass is 10.3. The summed E-state index contributed by atoms with van der Waals surface area (Å²) in [6, 6.07) is 9.49. The summed E-state index contributed by atoms with van der Waals surface area (Å²) < 4.78 is 0. The van der Waals surface area contributed by atoms with E-state index in [9.17, 15) is 0 Å². The first-order valence-corrected chi connectivity index (χ1v) is 5.43. The maximum atomic E-state index is 5.36. The van der Waals surface area contributed by atoms with Gasteiger partial charge in [0.25, 0.3) is 0 Å². The van der Waals surface area contributed by atoms with Crippen LogP contribution >= 0.6 is 0 Å². The molecule has 0 spiro atoms. The standard InChI is InChI=1S/C6H7N.C5H10N6/c7-6-4-2-1-3-5-6;1-2-8-5-10-3(6)9-4(7)11-5/h1-5H,7H2;2H2,1H3,(H5,6,7,8,9,10,11). The lowest BCUT2D eigenvalue weighted by Gasteiger charge is -2.01. The summed E-state index contributed by atoms with van der Waals surface area (Å²) in [4.78, 5) is 11.2. The van der Waals surface area contributed by atoms with Crippen molar-refractivity contribution in [2.24, 2.45) is 0 Å². The number of nitrogen functional groups attached to an aromatic ring is 3. The first kappa shape index (κ1) is 13.5. The number of aromatic nitrogens is 3. The molecule has 0 bridgehead atoms. The van der Waals surface area contributed by atoms with Crippen LogP contribution in [-0.2, 0) is 0 Å². The second kappa shape index (κ2) is 6.89. The minimum Gasteiger partial charge on any atom is -0.399 e. The summed E-state index contributed by atoms with van der Waals surface area (Å²) >= 11 is 0. The quantitative estimate of drug-likeness (QED) is 0.576. The van der Waals surface area contributed by atoms with Gasteiger partial charge in [-0.3, -0.25) is 0 Å². The van der Waals surface area contributed by atoms with Crippen LogP contribution < -0.4 is 22.5 Å². The van der Waals surface area contributed by atoms with Gasteiger partial charge in [0.1, 0.15) is 0 Å². The Morgan fingerprint density at radius 2 is 1.50 bits per heavy atom. The van der Waals surface area contributed by atoms with E-state index < -0.39 is 0 Å². The minimum absolute atomic E-state index is 0.133. The molecule has 7 heteroatoms. The molecule has 0 radical (unpaired) electrons. The fourth-order valence-electron chi connectivity index (χ4n) is 1.10. The molecular formula is C11H17N7. The normalized spacial score (nSPS) is 9.17. The van der Waals surface area contributed by atoms with Crippen LogP contribution in [0.2, 0.25) is 0 Å². The molecule has 2 rings (SSSR count). The zero-order valence-electron chi connectivity index (χ0n) is 10.2. The predicted octanol–water partition coefficient (Wildman–Crippen LogP) is 0.737. The van der Waals surface area contributed by atoms with E-state index in [1.165, 1.54) is 0 Å². The smallest absolute Gasteiger partial charge is 0.229 e. The predicted molar refractivity (Wildman–Crippen MR) is 73.7 cm³/mol. The van der Waals surface area contributed by atoms with Crippen LogP contribution in [0.3, 0.4) is 0 Å². The van der Waals surface area contributed by atoms with Crippen LogP contribution in [0.5, 0.6) is 0 Å². The van der Waals surface area contributed by atoms with Gasteiger partial charge in [-0.15, -0.1) is 0 Å². The molecule has 0 fully saturated rings. The molecule has 18 heavy (non-hydrogen) atoms. The molecule has 7 nitrogen and oxygen atoms in total. The van der Waals surface area contributed by atoms with Crippen molar-refractivity contribution in [1.29, 1.82) is 0 Å². The van der Waals surface area contributed by atoms with E-state index in [-0.39, 0.29) is 11.9 Å². The van der Waals surface area contributed by atoms with Gasteiger partial charge in [0.15, 0.2) is 0 Å². The van der Waals surface area contributed by atoms with Crippen LogP contribution in [0.4, 0.5) is 23.5 Å². The Morgan fingerprint density at radius 3 is 1.89 bits per heavy atom. The van der Waals surface area contributed by atoms with Crippen LogP contribution in [0.1, 0.15) is 6.92 Å². The molecule has 96 valence electrons. The van der Waals surface area contributed by atoms with Crippen molar-refractivity contribution in [2.45, 2.75) is 6.92 Å². The molecule has 0 amide bonds. The minimum atomic E-state index is 0.133. The van der Waals surface area contributed by atoms with Gasteiger partial charge in [0.2, 0.25) is 17.8 Å². The SMILES string of the molecule is CCNc1nc(N)nc(N)n1.Nc1ccccc1. The van der Waals surface area contributed by atoms with Crippen LogP contribution in [0.25, 0.3) is 0 Å². The number of nitrogens with zero attached hydrogens (tertiary/aromatic N) is 3. The Labute approximate surface area is 105 Å². The van der Waals surface area contributed by atoms with Crippen LogP contribution in [-0.4, -0.2) is 21.5 Å². The van der Waals surface area contributed by atoms with E-state index in [0.29, 0.717) is 5.95 Å². The maximum Gasteiger partial charge on any atom is 0.229 e. The maximum absolute atomic E-state index is 5.36. The third-order valence-electron chi connectivity index (χ3n) is 1.80. The van der Waals surface area contributed by atoms with Gasteiger partial charge in [0, 0.05) is 12.2 Å². The Bertz CT molecular complexity index is 452. The van der Waals surface area contributed by atoms with Crippen molar-refractivity contribution in [3.8, 4) is 0 Å². The first-order chi connectivity index (χ1) is 8.61. The largest absolute Gasteiger partial charge is 0.399 e. The van der Waals surface area contributed by atoms with Crippen molar-refractivity contribution >= 4 is 23.5 Å².